The van der Waals surface area contributed by atoms with Gasteiger partial charge in [0.2, 0.25) is 5.91 Å². The standard InChI is InChI=1S/C13H25N3O3S/c1-9(2)5-6-16(7-8-20-11(4)17)13(19)15-10(3)12(14)18/h9-10H,5-8H2,1-4H3,(H2,14,18)(H,15,19). The summed E-state index contributed by atoms with van der Waals surface area (Å²) >= 11 is 1.18. The zero-order valence-electron chi connectivity index (χ0n) is 12.6. The van der Waals surface area contributed by atoms with Crippen LogP contribution >= 0.6 is 11.8 Å². The summed E-state index contributed by atoms with van der Waals surface area (Å²) in [5, 5.41) is 2.59. The first-order chi connectivity index (χ1) is 9.23. The molecule has 3 amide bonds. The van der Waals surface area contributed by atoms with Crippen LogP contribution in [0.4, 0.5) is 4.79 Å². The van der Waals surface area contributed by atoms with Gasteiger partial charge in [-0.2, -0.15) is 0 Å². The van der Waals surface area contributed by atoms with E-state index in [4.69, 9.17) is 5.73 Å². The molecule has 0 rings (SSSR count). The average Bonchev–Trinajstić information content (AvgIpc) is 2.32. The summed E-state index contributed by atoms with van der Waals surface area (Å²) in [5.41, 5.74) is 5.13. The maximum absolute atomic E-state index is 12.1. The molecule has 0 aromatic rings. The van der Waals surface area contributed by atoms with Crippen LogP contribution in [0, 0.1) is 5.92 Å². The molecule has 6 nitrogen and oxygen atoms in total. The number of carbonyl (C=O) groups is 3. The van der Waals surface area contributed by atoms with Gasteiger partial charge in [0.1, 0.15) is 6.04 Å². The Balaban J connectivity index is 4.44. The van der Waals surface area contributed by atoms with Crippen molar-refractivity contribution in [2.45, 2.75) is 40.2 Å². The number of hydrogen-bond acceptors (Lipinski definition) is 4. The van der Waals surface area contributed by atoms with Gasteiger partial charge in [0.15, 0.2) is 5.12 Å². The third-order valence-corrected chi connectivity index (χ3v) is 3.49. The maximum atomic E-state index is 12.1. The topological polar surface area (TPSA) is 92.5 Å². The lowest BCUT2D eigenvalue weighted by Crippen LogP contribution is -2.49. The molecule has 0 fully saturated rings. The highest BCUT2D eigenvalue weighted by Gasteiger charge is 2.18. The first-order valence-corrected chi connectivity index (χ1v) is 7.70. The summed E-state index contributed by atoms with van der Waals surface area (Å²) in [6.07, 6.45) is 0.864. The predicted molar refractivity (Wildman–Crippen MR) is 81.4 cm³/mol. The Morgan fingerprint density at radius 1 is 1.20 bits per heavy atom. The maximum Gasteiger partial charge on any atom is 0.318 e. The highest BCUT2D eigenvalue weighted by atomic mass is 32.2. The van der Waals surface area contributed by atoms with E-state index in [0.717, 1.165) is 6.42 Å². The van der Waals surface area contributed by atoms with E-state index in [1.165, 1.54) is 18.7 Å². The zero-order valence-corrected chi connectivity index (χ0v) is 13.5. The van der Waals surface area contributed by atoms with E-state index in [-0.39, 0.29) is 11.1 Å². The molecule has 0 bridgehead atoms. The number of thioether (sulfide) groups is 1. The van der Waals surface area contributed by atoms with Crippen molar-refractivity contribution in [1.29, 1.82) is 0 Å². The van der Waals surface area contributed by atoms with Gasteiger partial charge in [0.05, 0.1) is 0 Å². The number of nitrogens with one attached hydrogen (secondary N) is 1. The van der Waals surface area contributed by atoms with Crippen LogP contribution in [0.3, 0.4) is 0 Å². The molecular formula is C13H25N3O3S. The van der Waals surface area contributed by atoms with Crippen molar-refractivity contribution in [2.24, 2.45) is 11.7 Å². The summed E-state index contributed by atoms with van der Waals surface area (Å²) in [4.78, 5) is 35.6. The number of amides is 3. The largest absolute Gasteiger partial charge is 0.368 e. The first-order valence-electron chi connectivity index (χ1n) is 6.72. The second-order valence-electron chi connectivity index (χ2n) is 5.08. The van der Waals surface area contributed by atoms with Crippen LogP contribution < -0.4 is 11.1 Å². The molecule has 0 aromatic heterocycles. The molecule has 7 heteroatoms. The van der Waals surface area contributed by atoms with Gasteiger partial charge in [0, 0.05) is 25.8 Å². The zero-order chi connectivity index (χ0) is 15.7. The molecular weight excluding hydrogens is 278 g/mol. The molecule has 1 atom stereocenters. The highest BCUT2D eigenvalue weighted by Crippen LogP contribution is 2.06. The van der Waals surface area contributed by atoms with Crippen molar-refractivity contribution in [1.82, 2.24) is 10.2 Å². The van der Waals surface area contributed by atoms with Gasteiger partial charge in [-0.25, -0.2) is 4.79 Å². The van der Waals surface area contributed by atoms with Crippen molar-refractivity contribution in [3.63, 3.8) is 0 Å². The lowest BCUT2D eigenvalue weighted by atomic mass is 10.1. The Bertz CT molecular complexity index is 348. The minimum Gasteiger partial charge on any atom is -0.368 e. The lowest BCUT2D eigenvalue weighted by Gasteiger charge is -2.25. The number of nitrogens with zero attached hydrogens (tertiary/aromatic N) is 1. The number of urea groups is 1. The predicted octanol–water partition coefficient (Wildman–Crippen LogP) is 1.20. The number of rotatable bonds is 8. The Morgan fingerprint density at radius 2 is 1.80 bits per heavy atom. The molecule has 0 aliphatic rings. The van der Waals surface area contributed by atoms with E-state index in [2.05, 4.69) is 19.2 Å². The molecule has 0 aliphatic carbocycles. The van der Waals surface area contributed by atoms with E-state index in [1.807, 2.05) is 0 Å². The van der Waals surface area contributed by atoms with E-state index in [9.17, 15) is 14.4 Å². The Morgan fingerprint density at radius 3 is 2.25 bits per heavy atom. The van der Waals surface area contributed by atoms with Crippen molar-refractivity contribution < 1.29 is 14.4 Å². The summed E-state index contributed by atoms with van der Waals surface area (Å²) < 4.78 is 0. The molecule has 0 saturated carbocycles. The van der Waals surface area contributed by atoms with E-state index in [1.54, 1.807) is 11.8 Å². The third kappa shape index (κ3) is 8.79. The highest BCUT2D eigenvalue weighted by molar-refractivity contribution is 8.13. The van der Waals surface area contributed by atoms with Crippen LogP contribution in [-0.2, 0) is 9.59 Å². The normalized spacial score (nSPS) is 12.1. The fourth-order valence-corrected chi connectivity index (χ4v) is 1.98. The van der Waals surface area contributed by atoms with Crippen LogP contribution in [0.15, 0.2) is 0 Å². The van der Waals surface area contributed by atoms with E-state index < -0.39 is 11.9 Å². The molecule has 20 heavy (non-hydrogen) atoms. The quantitative estimate of drug-likeness (QED) is 0.704. The smallest absolute Gasteiger partial charge is 0.318 e. The molecule has 0 heterocycles. The minimum absolute atomic E-state index is 0.0275. The molecule has 116 valence electrons. The number of primary amides is 1. The Hall–Kier alpha value is -1.24. The Labute approximate surface area is 124 Å². The van der Waals surface area contributed by atoms with Crippen LogP contribution in [0.2, 0.25) is 0 Å². The van der Waals surface area contributed by atoms with Crippen LogP contribution in [0.25, 0.3) is 0 Å². The number of hydrogen-bond donors (Lipinski definition) is 2. The molecule has 0 aliphatic heterocycles. The van der Waals surface area contributed by atoms with Gasteiger partial charge in [-0.05, 0) is 19.3 Å². The fraction of sp³-hybridized carbons (Fsp3) is 0.769. The molecule has 3 N–H and O–H groups in total. The van der Waals surface area contributed by atoms with Crippen LogP contribution in [0.5, 0.6) is 0 Å². The monoisotopic (exact) mass is 303 g/mol. The second kappa shape index (κ2) is 9.63. The molecule has 0 spiro atoms. The van der Waals surface area contributed by atoms with E-state index >= 15 is 0 Å². The summed E-state index contributed by atoms with van der Waals surface area (Å²) in [6, 6.07) is -1.02. The molecule has 0 saturated heterocycles. The van der Waals surface area contributed by atoms with Gasteiger partial charge in [-0.3, -0.25) is 9.59 Å². The van der Waals surface area contributed by atoms with Crippen molar-refractivity contribution >= 4 is 28.8 Å². The number of nitrogens with two attached hydrogens (primary N) is 1. The summed E-state index contributed by atoms with van der Waals surface area (Å²) in [7, 11) is 0. The molecule has 1 unspecified atom stereocenters. The summed E-state index contributed by atoms with van der Waals surface area (Å²) in [6.45, 7) is 8.25. The van der Waals surface area contributed by atoms with Gasteiger partial charge in [-0.1, -0.05) is 25.6 Å². The van der Waals surface area contributed by atoms with E-state index in [0.29, 0.717) is 24.8 Å². The summed E-state index contributed by atoms with van der Waals surface area (Å²) in [5.74, 6) is 0.450. The number of carbonyl (C=O) groups excluding carboxylic acids is 3. The minimum atomic E-state index is -0.704. The molecule has 0 radical (unpaired) electrons. The fourth-order valence-electron chi connectivity index (χ4n) is 1.38. The lowest BCUT2D eigenvalue weighted by molar-refractivity contribution is -0.119. The van der Waals surface area contributed by atoms with Gasteiger partial charge in [0.25, 0.3) is 0 Å². The van der Waals surface area contributed by atoms with Crippen molar-refractivity contribution in [2.75, 3.05) is 18.8 Å². The average molecular weight is 303 g/mol. The third-order valence-electron chi connectivity index (χ3n) is 2.70. The van der Waals surface area contributed by atoms with Gasteiger partial charge < -0.3 is 16.0 Å². The SMILES string of the molecule is CC(=O)SCCN(CCC(C)C)C(=O)NC(C)C(N)=O. The van der Waals surface area contributed by atoms with Crippen LogP contribution in [0.1, 0.15) is 34.1 Å². The van der Waals surface area contributed by atoms with Gasteiger partial charge in [-0.15, -0.1) is 0 Å². The van der Waals surface area contributed by atoms with Crippen molar-refractivity contribution in [3.8, 4) is 0 Å². The van der Waals surface area contributed by atoms with Gasteiger partial charge >= 0.3 is 6.03 Å². The van der Waals surface area contributed by atoms with Crippen molar-refractivity contribution in [3.05, 3.63) is 0 Å². The van der Waals surface area contributed by atoms with Crippen LogP contribution in [-0.4, -0.2) is 46.8 Å². The first kappa shape index (κ1) is 18.8. The second-order valence-corrected chi connectivity index (χ2v) is 6.35. The Kier molecular flexibility index (Phi) is 9.03. The molecule has 0 aromatic carbocycles.